The van der Waals surface area contributed by atoms with Gasteiger partial charge in [0.15, 0.2) is 5.82 Å². The second-order valence-electron chi connectivity index (χ2n) is 5.80. The number of halogens is 3. The van der Waals surface area contributed by atoms with Crippen molar-refractivity contribution >= 4 is 17.3 Å². The fourth-order valence-corrected chi connectivity index (χ4v) is 3.08. The lowest BCUT2D eigenvalue weighted by atomic mass is 10.0. The second kappa shape index (κ2) is 6.72. The molecule has 5 heteroatoms. The molecule has 0 aliphatic carbocycles. The molecule has 1 aromatic rings. The summed E-state index contributed by atoms with van der Waals surface area (Å²) in [5.74, 6) is -0.649. The van der Waals surface area contributed by atoms with Gasteiger partial charge in [0.1, 0.15) is 5.82 Å². The van der Waals surface area contributed by atoms with Crippen LogP contribution in [0.1, 0.15) is 26.7 Å². The monoisotopic (exact) mass is 302 g/mol. The van der Waals surface area contributed by atoms with Crippen molar-refractivity contribution in [1.82, 2.24) is 5.32 Å². The van der Waals surface area contributed by atoms with E-state index in [4.69, 9.17) is 11.6 Å². The minimum absolute atomic E-state index is 0.146. The van der Waals surface area contributed by atoms with E-state index in [0.29, 0.717) is 24.2 Å². The van der Waals surface area contributed by atoms with E-state index < -0.39 is 11.6 Å². The van der Waals surface area contributed by atoms with Crippen LogP contribution in [-0.2, 0) is 0 Å². The summed E-state index contributed by atoms with van der Waals surface area (Å²) in [5, 5.41) is 3.63. The third-order valence-corrected chi connectivity index (χ3v) is 3.82. The Bertz CT molecular complexity index is 442. The van der Waals surface area contributed by atoms with Crippen LogP contribution in [0.5, 0.6) is 0 Å². The summed E-state index contributed by atoms with van der Waals surface area (Å²) in [5.41, 5.74) is 0.325. The highest BCUT2D eigenvalue weighted by atomic mass is 35.5. The zero-order valence-electron chi connectivity index (χ0n) is 11.9. The van der Waals surface area contributed by atoms with Gasteiger partial charge in [-0.1, -0.05) is 25.4 Å². The van der Waals surface area contributed by atoms with Crippen molar-refractivity contribution in [1.29, 1.82) is 0 Å². The normalized spacial score (nSPS) is 20.3. The molecule has 1 aliphatic heterocycles. The number of anilines is 1. The van der Waals surface area contributed by atoms with Crippen molar-refractivity contribution in [3.63, 3.8) is 0 Å². The van der Waals surface area contributed by atoms with Crippen molar-refractivity contribution in [3.8, 4) is 0 Å². The molecule has 1 N–H and O–H groups in total. The van der Waals surface area contributed by atoms with E-state index >= 15 is 0 Å². The van der Waals surface area contributed by atoms with E-state index in [0.717, 1.165) is 32.0 Å². The number of hydrogen-bond acceptors (Lipinski definition) is 2. The molecular weight excluding hydrogens is 282 g/mol. The molecule has 1 aliphatic rings. The maximum Gasteiger partial charge on any atom is 0.150 e. The first kappa shape index (κ1) is 15.5. The maximum atomic E-state index is 14.0. The molecule has 1 fully saturated rings. The average Bonchev–Trinajstić information content (AvgIpc) is 2.52. The fraction of sp³-hybridized carbons (Fsp3) is 0.600. The first-order valence-corrected chi connectivity index (χ1v) is 7.48. The first-order valence-electron chi connectivity index (χ1n) is 7.10. The van der Waals surface area contributed by atoms with E-state index in [9.17, 15) is 8.78 Å². The molecule has 2 nitrogen and oxygen atoms in total. The molecule has 1 atom stereocenters. The largest absolute Gasteiger partial charge is 0.366 e. The second-order valence-corrected chi connectivity index (χ2v) is 6.21. The number of rotatable bonds is 3. The fourth-order valence-electron chi connectivity index (χ4n) is 2.76. The van der Waals surface area contributed by atoms with Gasteiger partial charge in [0, 0.05) is 25.2 Å². The van der Waals surface area contributed by atoms with Gasteiger partial charge in [-0.15, -0.1) is 0 Å². The van der Waals surface area contributed by atoms with Crippen LogP contribution in [0.15, 0.2) is 12.1 Å². The number of hydrogen-bond donors (Lipinski definition) is 1. The molecule has 1 saturated heterocycles. The Hall–Kier alpha value is -0.870. The highest BCUT2D eigenvalue weighted by molar-refractivity contribution is 6.33. The smallest absolute Gasteiger partial charge is 0.150 e. The quantitative estimate of drug-likeness (QED) is 0.913. The minimum Gasteiger partial charge on any atom is -0.366 e. The van der Waals surface area contributed by atoms with Crippen molar-refractivity contribution in [2.45, 2.75) is 32.7 Å². The van der Waals surface area contributed by atoms with Crippen LogP contribution in [-0.4, -0.2) is 25.7 Å². The number of nitrogens with zero attached hydrogens (tertiary/aromatic N) is 1. The van der Waals surface area contributed by atoms with Crippen LogP contribution < -0.4 is 10.2 Å². The van der Waals surface area contributed by atoms with Crippen molar-refractivity contribution in [3.05, 3.63) is 28.8 Å². The third kappa shape index (κ3) is 3.83. The Balaban J connectivity index is 2.22. The molecule has 0 bridgehead atoms. The molecule has 0 amide bonds. The summed E-state index contributed by atoms with van der Waals surface area (Å²) in [6, 6.07) is 2.38. The zero-order valence-corrected chi connectivity index (χ0v) is 12.7. The zero-order chi connectivity index (χ0) is 14.7. The van der Waals surface area contributed by atoms with E-state index in [1.165, 1.54) is 6.07 Å². The predicted molar refractivity (Wildman–Crippen MR) is 79.4 cm³/mol. The standard InChI is InChI=1S/C15H21ClF2N2/c1-10(2)6-12-9-20(5-3-4-19-12)15-13(16)7-11(17)8-14(15)18/h7-8,10,12,19H,3-6,9H2,1-2H3. The molecule has 1 aromatic carbocycles. The summed E-state index contributed by atoms with van der Waals surface area (Å²) < 4.78 is 27.2. The molecule has 112 valence electrons. The molecule has 0 aromatic heterocycles. The predicted octanol–water partition coefficient (Wildman–Crippen LogP) is 3.83. The van der Waals surface area contributed by atoms with Gasteiger partial charge < -0.3 is 10.2 Å². The van der Waals surface area contributed by atoms with Gasteiger partial charge in [0.05, 0.1) is 10.7 Å². The Morgan fingerprint density at radius 2 is 2.15 bits per heavy atom. The molecule has 0 radical (unpaired) electrons. The van der Waals surface area contributed by atoms with Crippen molar-refractivity contribution < 1.29 is 8.78 Å². The van der Waals surface area contributed by atoms with E-state index in [2.05, 4.69) is 19.2 Å². The van der Waals surface area contributed by atoms with Gasteiger partial charge >= 0.3 is 0 Å². The van der Waals surface area contributed by atoms with Crippen molar-refractivity contribution in [2.24, 2.45) is 5.92 Å². The minimum atomic E-state index is -0.636. The lowest BCUT2D eigenvalue weighted by molar-refractivity contribution is 0.435. The van der Waals surface area contributed by atoms with E-state index in [1.54, 1.807) is 0 Å². The SMILES string of the molecule is CC(C)CC1CN(c2c(F)cc(F)cc2Cl)CCCN1. The molecular formula is C15H21ClF2N2. The molecule has 2 rings (SSSR count). The summed E-state index contributed by atoms with van der Waals surface area (Å²) in [6.45, 7) is 6.67. The van der Waals surface area contributed by atoms with Gasteiger partial charge in [-0.05, 0) is 31.4 Å². The van der Waals surface area contributed by atoms with Crippen LogP contribution in [0.25, 0.3) is 0 Å². The Morgan fingerprint density at radius 1 is 1.40 bits per heavy atom. The average molecular weight is 303 g/mol. The lowest BCUT2D eigenvalue weighted by Gasteiger charge is -2.28. The molecule has 20 heavy (non-hydrogen) atoms. The van der Waals surface area contributed by atoms with Crippen LogP contribution in [0, 0.1) is 17.6 Å². The van der Waals surface area contributed by atoms with Gasteiger partial charge in [0.2, 0.25) is 0 Å². The number of benzene rings is 1. The van der Waals surface area contributed by atoms with Crippen LogP contribution in [0.2, 0.25) is 5.02 Å². The molecule has 0 saturated carbocycles. The summed E-state index contributed by atoms with van der Waals surface area (Å²) in [7, 11) is 0. The molecule has 1 unspecified atom stereocenters. The maximum absolute atomic E-state index is 14.0. The molecule has 0 spiro atoms. The summed E-state index contributed by atoms with van der Waals surface area (Å²) in [4.78, 5) is 1.93. The number of nitrogens with one attached hydrogen (secondary N) is 1. The summed E-state index contributed by atoms with van der Waals surface area (Å²) in [6.07, 6.45) is 1.94. The first-order chi connectivity index (χ1) is 9.47. The van der Waals surface area contributed by atoms with Gasteiger partial charge in [-0.25, -0.2) is 8.78 Å². The third-order valence-electron chi connectivity index (χ3n) is 3.53. The molecule has 1 heterocycles. The van der Waals surface area contributed by atoms with Crippen molar-refractivity contribution in [2.75, 3.05) is 24.5 Å². The Morgan fingerprint density at radius 3 is 2.80 bits per heavy atom. The summed E-state index contributed by atoms with van der Waals surface area (Å²) >= 11 is 6.03. The van der Waals surface area contributed by atoms with Gasteiger partial charge in [-0.2, -0.15) is 0 Å². The Kier molecular flexibility index (Phi) is 5.22. The van der Waals surface area contributed by atoms with Crippen LogP contribution in [0.4, 0.5) is 14.5 Å². The van der Waals surface area contributed by atoms with Crippen LogP contribution in [0.3, 0.4) is 0 Å². The highest BCUT2D eigenvalue weighted by Gasteiger charge is 2.23. The highest BCUT2D eigenvalue weighted by Crippen LogP contribution is 2.31. The van der Waals surface area contributed by atoms with Crippen LogP contribution >= 0.6 is 11.6 Å². The van der Waals surface area contributed by atoms with Gasteiger partial charge in [0.25, 0.3) is 0 Å². The van der Waals surface area contributed by atoms with Gasteiger partial charge in [-0.3, -0.25) is 0 Å². The van der Waals surface area contributed by atoms with E-state index in [1.807, 2.05) is 4.90 Å². The Labute approximate surface area is 124 Å². The lowest BCUT2D eigenvalue weighted by Crippen LogP contribution is -2.39. The van der Waals surface area contributed by atoms with E-state index in [-0.39, 0.29) is 5.02 Å². The topological polar surface area (TPSA) is 15.3 Å².